The van der Waals surface area contributed by atoms with Crippen molar-refractivity contribution < 1.29 is 28.6 Å². The fraction of sp³-hybridized carbons (Fsp3) is 0.853. The predicted molar refractivity (Wildman–Crippen MR) is 353 cm³/mol. The lowest BCUT2D eigenvalue weighted by molar-refractivity contribution is -0.167. The summed E-state index contributed by atoms with van der Waals surface area (Å²) in [5.41, 5.74) is 0. The second-order valence-electron chi connectivity index (χ2n) is 24.5. The number of carbonyl (C=O) groups is 3. The van der Waals surface area contributed by atoms with Gasteiger partial charge in [-0.1, -0.05) is 365 Å². The lowest BCUT2D eigenvalue weighted by atomic mass is 10.0. The van der Waals surface area contributed by atoms with E-state index in [-0.39, 0.29) is 31.1 Å². The highest BCUT2D eigenvalue weighted by molar-refractivity contribution is 5.71. The van der Waals surface area contributed by atoms with Gasteiger partial charge in [-0.05, 0) is 57.8 Å². The lowest BCUT2D eigenvalue weighted by Gasteiger charge is -2.18. The van der Waals surface area contributed by atoms with Crippen LogP contribution in [-0.4, -0.2) is 37.2 Å². The van der Waals surface area contributed by atoms with E-state index in [9.17, 15) is 14.4 Å². The van der Waals surface area contributed by atoms with E-state index in [0.717, 1.165) is 83.5 Å². The summed E-state index contributed by atoms with van der Waals surface area (Å²) in [6.45, 7) is 6.56. The van der Waals surface area contributed by atoms with Crippen LogP contribution >= 0.6 is 0 Å². The number of esters is 3. The molecule has 0 aromatic carbocycles. The molecule has 1 atom stereocenters. The Kier molecular flexibility index (Phi) is 67.6. The van der Waals surface area contributed by atoms with Crippen LogP contribution in [0.15, 0.2) is 48.6 Å². The minimum Gasteiger partial charge on any atom is -0.462 e. The molecule has 81 heavy (non-hydrogen) atoms. The molecule has 0 saturated heterocycles. The first kappa shape index (κ1) is 78.4. The zero-order valence-electron chi connectivity index (χ0n) is 54.6. The highest BCUT2D eigenvalue weighted by Gasteiger charge is 2.19. The number of ether oxygens (including phenoxy) is 3. The Bertz CT molecular complexity index is 1400. The number of hydrogen-bond donors (Lipinski definition) is 0. The molecule has 0 radical (unpaired) electrons. The van der Waals surface area contributed by atoms with Crippen molar-refractivity contribution in [2.75, 3.05) is 13.2 Å². The molecule has 0 saturated carbocycles. The molecule has 0 bridgehead atoms. The molecular weight excluding hydrogens is 997 g/mol. The molecule has 0 aromatic rings. The molecule has 0 spiro atoms. The Balaban J connectivity index is 4.17. The molecule has 0 heterocycles. The number of allylic oxidation sites excluding steroid dienone is 8. The second-order valence-corrected chi connectivity index (χ2v) is 24.5. The van der Waals surface area contributed by atoms with Crippen LogP contribution in [0.3, 0.4) is 0 Å². The van der Waals surface area contributed by atoms with Crippen LogP contribution < -0.4 is 0 Å². The molecule has 0 aromatic heterocycles. The van der Waals surface area contributed by atoms with Gasteiger partial charge in [-0.2, -0.15) is 0 Å². The van der Waals surface area contributed by atoms with Gasteiger partial charge in [-0.3, -0.25) is 14.4 Å². The van der Waals surface area contributed by atoms with Gasteiger partial charge in [0, 0.05) is 19.3 Å². The van der Waals surface area contributed by atoms with Gasteiger partial charge in [0.15, 0.2) is 6.10 Å². The minimum absolute atomic E-state index is 0.0810. The first-order valence-electron chi connectivity index (χ1n) is 36.1. The standard InChI is InChI=1S/C75H138O6/c1-4-7-10-13-16-19-22-25-28-30-31-32-33-34-35-36-37-38-39-40-41-42-43-45-47-50-53-56-59-62-65-68-74(77)80-71-72(70-79-73(76)67-64-61-58-55-52-49-46-27-24-21-18-15-12-9-6-3)81-75(78)69-66-63-60-57-54-51-48-44-29-26-23-20-17-14-11-8-5-2/h9,12,18,21,27,46,52,55,72H,4-8,10-11,13-17,19-20,22-26,28-45,47-51,53-54,56-71H2,1-3H3/b12-9-,21-18-,46-27-,55-52-. The largest absolute Gasteiger partial charge is 0.462 e. The van der Waals surface area contributed by atoms with Gasteiger partial charge in [0.25, 0.3) is 0 Å². The molecule has 0 N–H and O–H groups in total. The number of hydrogen-bond acceptors (Lipinski definition) is 6. The van der Waals surface area contributed by atoms with Crippen molar-refractivity contribution in [2.45, 2.75) is 399 Å². The van der Waals surface area contributed by atoms with Crippen LogP contribution in [0.25, 0.3) is 0 Å². The smallest absolute Gasteiger partial charge is 0.306 e. The third-order valence-electron chi connectivity index (χ3n) is 16.3. The van der Waals surface area contributed by atoms with E-state index in [1.54, 1.807) is 0 Å². The average molecular weight is 1140 g/mol. The number of carbonyl (C=O) groups excluding carboxylic acids is 3. The van der Waals surface area contributed by atoms with E-state index in [1.165, 1.54) is 270 Å². The van der Waals surface area contributed by atoms with Gasteiger partial charge in [-0.15, -0.1) is 0 Å². The van der Waals surface area contributed by atoms with Crippen LogP contribution in [0.5, 0.6) is 0 Å². The van der Waals surface area contributed by atoms with E-state index >= 15 is 0 Å². The van der Waals surface area contributed by atoms with Crippen molar-refractivity contribution in [3.05, 3.63) is 48.6 Å². The molecule has 474 valence electrons. The molecule has 0 amide bonds. The first-order chi connectivity index (χ1) is 40.0. The van der Waals surface area contributed by atoms with Crippen molar-refractivity contribution in [2.24, 2.45) is 0 Å². The van der Waals surface area contributed by atoms with Crippen LogP contribution in [0.2, 0.25) is 0 Å². The summed E-state index contributed by atoms with van der Waals surface area (Å²) in [5, 5.41) is 0. The third kappa shape index (κ3) is 68.0. The Morgan fingerprint density at radius 2 is 0.481 bits per heavy atom. The fourth-order valence-electron chi connectivity index (χ4n) is 11.0. The zero-order chi connectivity index (χ0) is 58.5. The molecular formula is C75H138O6. The van der Waals surface area contributed by atoms with Crippen molar-refractivity contribution >= 4 is 17.9 Å². The monoisotopic (exact) mass is 1140 g/mol. The van der Waals surface area contributed by atoms with Crippen LogP contribution in [0.4, 0.5) is 0 Å². The Hall–Kier alpha value is -2.63. The van der Waals surface area contributed by atoms with Crippen molar-refractivity contribution in [1.82, 2.24) is 0 Å². The first-order valence-corrected chi connectivity index (χ1v) is 36.1. The molecule has 0 aliphatic carbocycles. The van der Waals surface area contributed by atoms with Gasteiger partial charge >= 0.3 is 17.9 Å². The summed E-state index contributed by atoms with van der Waals surface area (Å²) in [4.78, 5) is 38.4. The maximum Gasteiger partial charge on any atom is 0.306 e. The van der Waals surface area contributed by atoms with Crippen LogP contribution in [0, 0.1) is 0 Å². The Morgan fingerprint density at radius 3 is 0.753 bits per heavy atom. The highest BCUT2D eigenvalue weighted by atomic mass is 16.6. The van der Waals surface area contributed by atoms with Crippen LogP contribution in [-0.2, 0) is 28.6 Å². The SMILES string of the molecule is CC/C=C\C/C=C\C/C=C\C/C=C\CCCCC(=O)OCC(COC(=O)CCCCCCCCCCCCCCCCCCCCCCCCCCCCCCCCC)OC(=O)CCCCCCCCCCCCCCCCCCC. The maximum absolute atomic E-state index is 12.9. The van der Waals surface area contributed by atoms with Gasteiger partial charge in [0.1, 0.15) is 13.2 Å². The molecule has 6 heteroatoms. The molecule has 1 unspecified atom stereocenters. The maximum atomic E-state index is 12.9. The fourth-order valence-corrected chi connectivity index (χ4v) is 11.0. The van der Waals surface area contributed by atoms with E-state index < -0.39 is 6.10 Å². The predicted octanol–water partition coefficient (Wildman–Crippen LogP) is 24.9. The van der Waals surface area contributed by atoms with Crippen molar-refractivity contribution in [3.8, 4) is 0 Å². The summed E-state index contributed by atoms with van der Waals surface area (Å²) >= 11 is 0. The van der Waals surface area contributed by atoms with E-state index in [1.807, 2.05) is 0 Å². The zero-order valence-corrected chi connectivity index (χ0v) is 54.6. The van der Waals surface area contributed by atoms with Gasteiger partial charge in [-0.25, -0.2) is 0 Å². The summed E-state index contributed by atoms with van der Waals surface area (Å²) < 4.78 is 16.9. The van der Waals surface area contributed by atoms with Gasteiger partial charge in [0.2, 0.25) is 0 Å². The molecule has 0 aliphatic rings. The third-order valence-corrected chi connectivity index (χ3v) is 16.3. The summed E-state index contributed by atoms with van der Waals surface area (Å²) in [6, 6.07) is 0. The molecule has 0 rings (SSSR count). The normalized spacial score (nSPS) is 12.3. The second kappa shape index (κ2) is 69.9. The van der Waals surface area contributed by atoms with E-state index in [2.05, 4.69) is 69.4 Å². The van der Waals surface area contributed by atoms with Gasteiger partial charge in [0.05, 0.1) is 0 Å². The lowest BCUT2D eigenvalue weighted by Crippen LogP contribution is -2.30. The minimum atomic E-state index is -0.788. The Morgan fingerprint density at radius 1 is 0.259 bits per heavy atom. The quantitative estimate of drug-likeness (QED) is 0.0261. The highest BCUT2D eigenvalue weighted by Crippen LogP contribution is 2.19. The summed E-state index contributed by atoms with van der Waals surface area (Å²) in [6.07, 6.45) is 88.8. The van der Waals surface area contributed by atoms with Crippen molar-refractivity contribution in [1.29, 1.82) is 0 Å². The van der Waals surface area contributed by atoms with Gasteiger partial charge < -0.3 is 14.2 Å². The number of unbranched alkanes of at least 4 members (excludes halogenated alkanes) is 48. The topological polar surface area (TPSA) is 78.9 Å². The van der Waals surface area contributed by atoms with E-state index in [4.69, 9.17) is 14.2 Å². The molecule has 0 fully saturated rings. The summed E-state index contributed by atoms with van der Waals surface area (Å²) in [7, 11) is 0. The average Bonchev–Trinajstić information content (AvgIpc) is 3.47. The Labute approximate surface area is 505 Å². The number of rotatable bonds is 67. The molecule has 6 nitrogen and oxygen atoms in total. The van der Waals surface area contributed by atoms with E-state index in [0.29, 0.717) is 19.3 Å². The van der Waals surface area contributed by atoms with Crippen molar-refractivity contribution in [3.63, 3.8) is 0 Å². The van der Waals surface area contributed by atoms with Crippen LogP contribution in [0.1, 0.15) is 393 Å². The summed E-state index contributed by atoms with van der Waals surface area (Å²) in [5.74, 6) is -0.897. The molecule has 0 aliphatic heterocycles.